The summed E-state index contributed by atoms with van der Waals surface area (Å²) in [4.78, 5) is 0.297. The zero-order valence-corrected chi connectivity index (χ0v) is 16.4. The zero-order valence-electron chi connectivity index (χ0n) is 15.6. The Morgan fingerprint density at radius 2 is 1.54 bits per heavy atom. The minimum absolute atomic E-state index is 0.297. The molecule has 0 amide bonds. The first-order valence-electron chi connectivity index (χ1n) is 9.18. The predicted molar refractivity (Wildman–Crippen MR) is 115 cm³/mol. The van der Waals surface area contributed by atoms with Gasteiger partial charge in [-0.3, -0.25) is 0 Å². The molecule has 3 aromatic carbocycles. The third-order valence-electron chi connectivity index (χ3n) is 4.79. The van der Waals surface area contributed by atoms with E-state index in [0.717, 1.165) is 22.1 Å². The molecule has 4 heteroatoms. The van der Waals surface area contributed by atoms with Crippen molar-refractivity contribution in [1.29, 1.82) is 0 Å². The molecule has 4 rings (SSSR count). The normalized spacial score (nSPS) is 12.0. The number of fused-ring (bicyclic) bond motifs is 1. The number of allylic oxidation sites excluding steroid dienone is 1. The van der Waals surface area contributed by atoms with Gasteiger partial charge >= 0.3 is 0 Å². The van der Waals surface area contributed by atoms with Gasteiger partial charge in [0.1, 0.15) is 0 Å². The van der Waals surface area contributed by atoms with Gasteiger partial charge in [0, 0.05) is 11.6 Å². The van der Waals surface area contributed by atoms with Crippen LogP contribution in [0.4, 0.5) is 0 Å². The highest BCUT2D eigenvalue weighted by Crippen LogP contribution is 2.27. The first kappa shape index (κ1) is 18.3. The van der Waals surface area contributed by atoms with Gasteiger partial charge in [-0.15, -0.1) is 0 Å². The van der Waals surface area contributed by atoms with Crippen LogP contribution in [0.3, 0.4) is 0 Å². The van der Waals surface area contributed by atoms with Crippen LogP contribution in [0.25, 0.3) is 17.0 Å². The molecular weight excluding hydrogens is 366 g/mol. The van der Waals surface area contributed by atoms with E-state index in [1.54, 1.807) is 18.3 Å². The van der Waals surface area contributed by atoms with Crippen molar-refractivity contribution in [3.63, 3.8) is 0 Å². The number of aromatic nitrogens is 1. The smallest absolute Gasteiger partial charge is 0.241 e. The van der Waals surface area contributed by atoms with Crippen LogP contribution in [0.2, 0.25) is 0 Å². The number of hydrogen-bond acceptors (Lipinski definition) is 2. The second-order valence-corrected chi connectivity index (χ2v) is 8.62. The summed E-state index contributed by atoms with van der Waals surface area (Å²) in [6.07, 6.45) is 6.53. The van der Waals surface area contributed by atoms with Gasteiger partial charge in [-0.2, -0.15) is 0 Å². The Hall–Kier alpha value is -3.11. The van der Waals surface area contributed by atoms with Crippen molar-refractivity contribution < 1.29 is 8.42 Å². The molecule has 28 heavy (non-hydrogen) atoms. The lowest BCUT2D eigenvalue weighted by molar-refractivity contribution is 0.589. The maximum Gasteiger partial charge on any atom is 0.268 e. The highest BCUT2D eigenvalue weighted by molar-refractivity contribution is 7.90. The average Bonchev–Trinajstić information content (AvgIpc) is 3.09. The minimum atomic E-state index is -3.65. The fourth-order valence-corrected chi connectivity index (χ4v) is 4.68. The Balaban J connectivity index is 1.74. The molecule has 3 nitrogen and oxygen atoms in total. The average molecular weight is 388 g/mol. The molecule has 0 bridgehead atoms. The molecule has 0 saturated heterocycles. The Labute approximate surface area is 165 Å². The number of benzene rings is 3. The van der Waals surface area contributed by atoms with Crippen LogP contribution < -0.4 is 0 Å². The summed E-state index contributed by atoms with van der Waals surface area (Å²) in [7, 11) is -3.65. The van der Waals surface area contributed by atoms with Gasteiger partial charge < -0.3 is 0 Å². The fourth-order valence-electron chi connectivity index (χ4n) is 3.29. The lowest BCUT2D eigenvalue weighted by Gasteiger charge is -2.07. The molecule has 0 spiro atoms. The zero-order chi connectivity index (χ0) is 19.6. The second kappa shape index (κ2) is 7.49. The Morgan fingerprint density at radius 1 is 0.857 bits per heavy atom. The van der Waals surface area contributed by atoms with E-state index in [4.69, 9.17) is 0 Å². The molecule has 0 N–H and O–H groups in total. The first-order chi connectivity index (χ1) is 13.6. The highest BCUT2D eigenvalue weighted by atomic mass is 32.2. The third kappa shape index (κ3) is 3.51. The standard InChI is InChI=1S/C24H21NO2S/c1-19-14-16-22(17-15-19)28(26,27)25-18-21(23-12-5-6-13-24(23)25)11-7-10-20-8-3-2-4-9-20/h2-10,12-18H,11H2,1H3/b10-7+. The monoisotopic (exact) mass is 387 g/mol. The number of hydrogen-bond donors (Lipinski definition) is 0. The molecule has 0 aliphatic carbocycles. The van der Waals surface area contributed by atoms with E-state index in [1.165, 1.54) is 3.97 Å². The van der Waals surface area contributed by atoms with Crippen molar-refractivity contribution in [3.8, 4) is 0 Å². The second-order valence-electron chi connectivity index (χ2n) is 6.80. The molecule has 0 atom stereocenters. The maximum absolute atomic E-state index is 13.2. The van der Waals surface area contributed by atoms with Crippen molar-refractivity contribution in [1.82, 2.24) is 3.97 Å². The number of para-hydroxylation sites is 1. The third-order valence-corrected chi connectivity index (χ3v) is 6.47. The molecule has 0 saturated carbocycles. The van der Waals surface area contributed by atoms with Crippen molar-refractivity contribution >= 4 is 27.0 Å². The van der Waals surface area contributed by atoms with Gasteiger partial charge in [0.2, 0.25) is 0 Å². The maximum atomic E-state index is 13.2. The molecular formula is C24H21NO2S. The largest absolute Gasteiger partial charge is 0.268 e. The lowest BCUT2D eigenvalue weighted by Crippen LogP contribution is -2.11. The van der Waals surface area contributed by atoms with Crippen LogP contribution in [0.1, 0.15) is 16.7 Å². The summed E-state index contributed by atoms with van der Waals surface area (Å²) < 4.78 is 27.8. The van der Waals surface area contributed by atoms with Crippen LogP contribution in [0.15, 0.2) is 96.0 Å². The van der Waals surface area contributed by atoms with E-state index in [1.807, 2.05) is 73.7 Å². The molecule has 1 heterocycles. The molecule has 1 aromatic heterocycles. The number of aryl methyl sites for hydroxylation is 1. The summed E-state index contributed by atoms with van der Waals surface area (Å²) in [6, 6.07) is 24.7. The van der Waals surface area contributed by atoms with Gasteiger partial charge in [0.15, 0.2) is 0 Å². The van der Waals surface area contributed by atoms with E-state index in [-0.39, 0.29) is 0 Å². The Morgan fingerprint density at radius 3 is 2.29 bits per heavy atom. The van der Waals surface area contributed by atoms with Crippen molar-refractivity contribution in [3.05, 3.63) is 108 Å². The SMILES string of the molecule is Cc1ccc(S(=O)(=O)n2cc(C/C=C/c3ccccc3)c3ccccc32)cc1. The van der Waals surface area contributed by atoms with Gasteiger partial charge in [-0.1, -0.05) is 78.4 Å². The minimum Gasteiger partial charge on any atom is -0.241 e. The van der Waals surface area contributed by atoms with Crippen LogP contribution in [-0.4, -0.2) is 12.4 Å². The summed E-state index contributed by atoms with van der Waals surface area (Å²) in [5.74, 6) is 0. The number of rotatable bonds is 5. The molecule has 140 valence electrons. The van der Waals surface area contributed by atoms with Crippen molar-refractivity contribution in [2.75, 3.05) is 0 Å². The van der Waals surface area contributed by atoms with E-state index in [0.29, 0.717) is 16.8 Å². The highest BCUT2D eigenvalue weighted by Gasteiger charge is 2.20. The van der Waals surface area contributed by atoms with E-state index < -0.39 is 10.0 Å². The van der Waals surface area contributed by atoms with Crippen LogP contribution in [0, 0.1) is 6.92 Å². The van der Waals surface area contributed by atoms with Crippen LogP contribution in [0.5, 0.6) is 0 Å². The quantitative estimate of drug-likeness (QED) is 0.457. The molecule has 0 unspecified atom stereocenters. The summed E-state index contributed by atoms with van der Waals surface area (Å²) in [5.41, 5.74) is 3.84. The Kier molecular flexibility index (Phi) is 4.88. The lowest BCUT2D eigenvalue weighted by atomic mass is 10.1. The van der Waals surface area contributed by atoms with Gasteiger partial charge in [0.05, 0.1) is 10.4 Å². The number of nitrogens with zero attached hydrogens (tertiary/aromatic N) is 1. The Bertz CT molecular complexity index is 1240. The van der Waals surface area contributed by atoms with E-state index in [9.17, 15) is 8.42 Å². The molecule has 0 aliphatic heterocycles. The van der Waals surface area contributed by atoms with E-state index >= 15 is 0 Å². The van der Waals surface area contributed by atoms with Crippen LogP contribution >= 0.6 is 0 Å². The summed E-state index contributed by atoms with van der Waals surface area (Å²) >= 11 is 0. The van der Waals surface area contributed by atoms with Gasteiger partial charge in [0.25, 0.3) is 10.0 Å². The fraction of sp³-hybridized carbons (Fsp3) is 0.0833. The van der Waals surface area contributed by atoms with Gasteiger partial charge in [-0.25, -0.2) is 12.4 Å². The van der Waals surface area contributed by atoms with E-state index in [2.05, 4.69) is 12.2 Å². The molecule has 0 radical (unpaired) electrons. The van der Waals surface area contributed by atoms with Crippen molar-refractivity contribution in [2.24, 2.45) is 0 Å². The first-order valence-corrected chi connectivity index (χ1v) is 10.6. The van der Waals surface area contributed by atoms with Crippen molar-refractivity contribution in [2.45, 2.75) is 18.2 Å². The van der Waals surface area contributed by atoms with Gasteiger partial charge in [-0.05, 0) is 42.7 Å². The topological polar surface area (TPSA) is 39.1 Å². The predicted octanol–water partition coefficient (Wildman–Crippen LogP) is 5.44. The van der Waals surface area contributed by atoms with Crippen LogP contribution in [-0.2, 0) is 16.4 Å². The summed E-state index contributed by atoms with van der Waals surface area (Å²) in [5, 5.41) is 0.955. The molecule has 0 fully saturated rings. The summed E-state index contributed by atoms with van der Waals surface area (Å²) in [6.45, 7) is 1.94. The molecule has 4 aromatic rings. The molecule has 0 aliphatic rings.